The average molecular weight is 357 g/mol. The predicted molar refractivity (Wildman–Crippen MR) is 111 cm³/mol. The maximum absolute atomic E-state index is 13.1. The van der Waals surface area contributed by atoms with Crippen molar-refractivity contribution in [2.24, 2.45) is 0 Å². The highest BCUT2D eigenvalue weighted by atomic mass is 16.5. The summed E-state index contributed by atoms with van der Waals surface area (Å²) in [5.41, 5.74) is 4.08. The van der Waals surface area contributed by atoms with E-state index in [4.69, 9.17) is 4.74 Å². The summed E-state index contributed by atoms with van der Waals surface area (Å²) in [6.07, 6.45) is 0. The molecule has 4 rings (SSSR count). The molecule has 4 aromatic rings. The van der Waals surface area contributed by atoms with Crippen molar-refractivity contribution in [3.05, 3.63) is 77.9 Å². The van der Waals surface area contributed by atoms with Crippen molar-refractivity contribution >= 4 is 27.7 Å². The van der Waals surface area contributed by atoms with Gasteiger partial charge in [0.25, 0.3) is 5.91 Å². The van der Waals surface area contributed by atoms with Crippen molar-refractivity contribution in [3.8, 4) is 5.75 Å². The zero-order valence-corrected chi connectivity index (χ0v) is 15.9. The molecule has 3 nitrogen and oxygen atoms in total. The van der Waals surface area contributed by atoms with Crippen molar-refractivity contribution < 1.29 is 9.53 Å². The average Bonchev–Trinajstić information content (AvgIpc) is 3.00. The highest BCUT2D eigenvalue weighted by Gasteiger charge is 2.17. The van der Waals surface area contributed by atoms with Crippen LogP contribution in [0.4, 0.5) is 0 Å². The molecule has 3 aromatic carbocycles. The Bertz CT molecular complexity index is 1080. The molecule has 136 valence electrons. The molecule has 0 N–H and O–H groups in total. The van der Waals surface area contributed by atoms with E-state index in [9.17, 15) is 4.79 Å². The first-order chi connectivity index (χ1) is 13.1. The molecule has 0 unspecified atom stereocenters. The van der Waals surface area contributed by atoms with Gasteiger partial charge >= 0.3 is 0 Å². The number of benzene rings is 3. The van der Waals surface area contributed by atoms with Crippen LogP contribution in [0.25, 0.3) is 21.8 Å². The minimum Gasteiger partial charge on any atom is -0.483 e. The van der Waals surface area contributed by atoms with E-state index in [0.29, 0.717) is 5.92 Å². The van der Waals surface area contributed by atoms with Gasteiger partial charge in [0.2, 0.25) is 0 Å². The highest BCUT2D eigenvalue weighted by Crippen LogP contribution is 2.30. The first-order valence-electron chi connectivity index (χ1n) is 9.31. The third-order valence-corrected chi connectivity index (χ3v) is 4.97. The molecule has 0 atom stereocenters. The molecule has 0 fully saturated rings. The number of hydrogen-bond acceptors (Lipinski definition) is 2. The van der Waals surface area contributed by atoms with Gasteiger partial charge in [0.05, 0.1) is 11.0 Å². The van der Waals surface area contributed by atoms with E-state index in [-0.39, 0.29) is 12.5 Å². The standard InChI is InChI=1S/C24H23NO2/c1-16(2)18-13-12-17(3)14-23(18)27-15-24(26)25-21-10-6-4-8-19(21)20-9-5-7-11-22(20)25/h4-14,16H,15H2,1-3H3. The van der Waals surface area contributed by atoms with Crippen LogP contribution in [0.3, 0.4) is 0 Å². The fourth-order valence-electron chi connectivity index (χ4n) is 3.64. The molecule has 0 saturated carbocycles. The number of aromatic nitrogens is 1. The SMILES string of the molecule is Cc1ccc(C(C)C)c(OCC(=O)n2c3ccccc3c3ccccc32)c1. The van der Waals surface area contributed by atoms with Crippen LogP contribution in [0.15, 0.2) is 66.7 Å². The largest absolute Gasteiger partial charge is 0.483 e. The van der Waals surface area contributed by atoms with Crippen LogP contribution in [0, 0.1) is 6.92 Å². The van der Waals surface area contributed by atoms with Gasteiger partial charge in [0.1, 0.15) is 5.75 Å². The number of carbonyl (C=O) groups is 1. The monoisotopic (exact) mass is 357 g/mol. The summed E-state index contributed by atoms with van der Waals surface area (Å²) in [4.78, 5) is 13.1. The molecule has 1 aromatic heterocycles. The second kappa shape index (κ2) is 6.92. The van der Waals surface area contributed by atoms with Crippen LogP contribution in [0.1, 0.15) is 35.7 Å². The first-order valence-corrected chi connectivity index (χ1v) is 9.31. The summed E-state index contributed by atoms with van der Waals surface area (Å²) in [6.45, 7) is 6.30. The van der Waals surface area contributed by atoms with E-state index >= 15 is 0 Å². The van der Waals surface area contributed by atoms with Gasteiger partial charge in [-0.15, -0.1) is 0 Å². The molecule has 3 heteroatoms. The molecule has 0 spiro atoms. The van der Waals surface area contributed by atoms with Crippen LogP contribution in [0.2, 0.25) is 0 Å². The Hall–Kier alpha value is -3.07. The molecule has 0 aliphatic carbocycles. The third kappa shape index (κ3) is 3.10. The van der Waals surface area contributed by atoms with Gasteiger partial charge in [-0.2, -0.15) is 0 Å². The van der Waals surface area contributed by atoms with E-state index in [1.807, 2.05) is 49.4 Å². The second-order valence-corrected chi connectivity index (χ2v) is 7.25. The van der Waals surface area contributed by atoms with Crippen LogP contribution < -0.4 is 4.74 Å². The van der Waals surface area contributed by atoms with Crippen molar-refractivity contribution in [2.45, 2.75) is 26.7 Å². The number of fused-ring (bicyclic) bond motifs is 3. The number of para-hydroxylation sites is 2. The Balaban J connectivity index is 1.71. The number of aryl methyl sites for hydroxylation is 1. The number of ether oxygens (including phenoxy) is 1. The van der Waals surface area contributed by atoms with Crippen LogP contribution >= 0.6 is 0 Å². The summed E-state index contributed by atoms with van der Waals surface area (Å²) in [5, 5.41) is 2.17. The minimum absolute atomic E-state index is 0.00580. The summed E-state index contributed by atoms with van der Waals surface area (Å²) in [5.74, 6) is 1.06. The molecular formula is C24H23NO2. The molecule has 1 heterocycles. The lowest BCUT2D eigenvalue weighted by Gasteiger charge is -2.15. The van der Waals surface area contributed by atoms with Crippen LogP contribution in [0.5, 0.6) is 5.75 Å². The lowest BCUT2D eigenvalue weighted by atomic mass is 10.0. The van der Waals surface area contributed by atoms with Crippen molar-refractivity contribution in [1.82, 2.24) is 4.57 Å². The molecule has 0 radical (unpaired) electrons. The Morgan fingerprint density at radius 2 is 1.52 bits per heavy atom. The Labute approximate surface area is 159 Å². The van der Waals surface area contributed by atoms with Gasteiger partial charge in [0, 0.05) is 10.8 Å². The van der Waals surface area contributed by atoms with Gasteiger partial charge in [-0.1, -0.05) is 62.4 Å². The molecule has 0 amide bonds. The Morgan fingerprint density at radius 1 is 0.926 bits per heavy atom. The number of carbonyl (C=O) groups excluding carboxylic acids is 1. The first kappa shape index (κ1) is 17.3. The van der Waals surface area contributed by atoms with E-state index in [1.165, 1.54) is 0 Å². The maximum atomic E-state index is 13.1. The third-order valence-electron chi connectivity index (χ3n) is 4.97. The smallest absolute Gasteiger partial charge is 0.269 e. The number of rotatable bonds is 4. The molecule has 27 heavy (non-hydrogen) atoms. The van der Waals surface area contributed by atoms with Gasteiger partial charge in [0.15, 0.2) is 6.61 Å². The Morgan fingerprint density at radius 3 is 2.11 bits per heavy atom. The zero-order valence-electron chi connectivity index (χ0n) is 15.9. The van der Waals surface area contributed by atoms with Crippen LogP contribution in [-0.2, 0) is 0 Å². The normalized spacial score (nSPS) is 11.4. The minimum atomic E-state index is -0.0661. The summed E-state index contributed by atoms with van der Waals surface area (Å²) >= 11 is 0. The number of nitrogens with zero attached hydrogens (tertiary/aromatic N) is 1. The van der Waals surface area contributed by atoms with Crippen LogP contribution in [-0.4, -0.2) is 17.1 Å². The molecule has 0 aliphatic rings. The zero-order chi connectivity index (χ0) is 19.0. The lowest BCUT2D eigenvalue weighted by Crippen LogP contribution is -2.19. The Kier molecular flexibility index (Phi) is 4.44. The van der Waals surface area contributed by atoms with Gasteiger partial charge in [-0.25, -0.2) is 0 Å². The summed E-state index contributed by atoms with van der Waals surface area (Å²) in [6, 6.07) is 22.2. The van der Waals surface area contributed by atoms with Gasteiger partial charge in [-0.3, -0.25) is 9.36 Å². The molecular weight excluding hydrogens is 334 g/mol. The van der Waals surface area contributed by atoms with Crippen molar-refractivity contribution in [3.63, 3.8) is 0 Å². The van der Waals surface area contributed by atoms with Gasteiger partial charge in [-0.05, 0) is 42.2 Å². The van der Waals surface area contributed by atoms with Gasteiger partial charge < -0.3 is 4.74 Å². The quantitative estimate of drug-likeness (QED) is 0.452. The van der Waals surface area contributed by atoms with Crippen molar-refractivity contribution in [1.29, 1.82) is 0 Å². The molecule has 0 bridgehead atoms. The second-order valence-electron chi connectivity index (χ2n) is 7.25. The van der Waals surface area contributed by atoms with E-state index in [0.717, 1.165) is 38.7 Å². The summed E-state index contributed by atoms with van der Waals surface area (Å²) < 4.78 is 7.77. The highest BCUT2D eigenvalue weighted by molar-refractivity contribution is 6.13. The maximum Gasteiger partial charge on any atom is 0.269 e. The topological polar surface area (TPSA) is 31.2 Å². The van der Waals surface area contributed by atoms with E-state index in [1.54, 1.807) is 4.57 Å². The molecule has 0 saturated heterocycles. The number of hydrogen-bond donors (Lipinski definition) is 0. The predicted octanol–water partition coefficient (Wildman–Crippen LogP) is 5.95. The summed E-state index contributed by atoms with van der Waals surface area (Å²) in [7, 11) is 0. The fourth-order valence-corrected chi connectivity index (χ4v) is 3.64. The lowest BCUT2D eigenvalue weighted by molar-refractivity contribution is 0.0847. The van der Waals surface area contributed by atoms with E-state index in [2.05, 4.69) is 38.1 Å². The molecule has 0 aliphatic heterocycles. The fraction of sp³-hybridized carbons (Fsp3) is 0.208. The van der Waals surface area contributed by atoms with Crippen molar-refractivity contribution in [2.75, 3.05) is 6.61 Å². The van der Waals surface area contributed by atoms with E-state index < -0.39 is 0 Å².